The lowest BCUT2D eigenvalue weighted by Gasteiger charge is -2.24. The van der Waals surface area contributed by atoms with E-state index in [-0.39, 0.29) is 29.5 Å². The van der Waals surface area contributed by atoms with Gasteiger partial charge < -0.3 is 15.2 Å². The summed E-state index contributed by atoms with van der Waals surface area (Å²) in [6.07, 6.45) is 2.66. The van der Waals surface area contributed by atoms with Crippen molar-refractivity contribution in [3.05, 3.63) is 48.0 Å². The Labute approximate surface area is 167 Å². The Kier molecular flexibility index (Phi) is 8.88. The fourth-order valence-corrected chi connectivity index (χ4v) is 2.28. The van der Waals surface area contributed by atoms with Crippen molar-refractivity contribution < 1.29 is 0 Å². The number of halogens is 1. The lowest BCUT2D eigenvalue weighted by atomic mass is 10.1. The fourth-order valence-electron chi connectivity index (χ4n) is 2.28. The lowest BCUT2D eigenvalue weighted by Crippen LogP contribution is -2.48. The van der Waals surface area contributed by atoms with Gasteiger partial charge in [0.15, 0.2) is 5.96 Å². The van der Waals surface area contributed by atoms with Gasteiger partial charge in [0.1, 0.15) is 12.2 Å². The van der Waals surface area contributed by atoms with Crippen molar-refractivity contribution in [2.75, 3.05) is 6.54 Å². The minimum Gasteiger partial charge on any atom is -0.355 e. The standard InChI is InChI=1S/C18H28N6.HI/c1-5-16-23-21-14-24(16)12-11-19-17(22-18(2,3)4)20-13-15-9-7-6-8-10-15;/h6-10,14H,5,11-13H2,1-4H3,(H2,19,20,22);1H. The molecule has 0 saturated carbocycles. The van der Waals surface area contributed by atoms with Gasteiger partial charge in [-0.1, -0.05) is 37.3 Å². The van der Waals surface area contributed by atoms with Crippen LogP contribution >= 0.6 is 24.0 Å². The minimum atomic E-state index is -0.0480. The van der Waals surface area contributed by atoms with Gasteiger partial charge in [0, 0.05) is 25.0 Å². The Balaban J connectivity index is 0.00000312. The van der Waals surface area contributed by atoms with E-state index in [2.05, 4.69) is 65.2 Å². The molecule has 138 valence electrons. The zero-order valence-electron chi connectivity index (χ0n) is 15.5. The summed E-state index contributed by atoms with van der Waals surface area (Å²) >= 11 is 0. The summed E-state index contributed by atoms with van der Waals surface area (Å²) in [7, 11) is 0. The van der Waals surface area contributed by atoms with Gasteiger partial charge in [-0.2, -0.15) is 0 Å². The molecule has 1 heterocycles. The van der Waals surface area contributed by atoms with Crippen LogP contribution in [0.2, 0.25) is 0 Å². The quantitative estimate of drug-likeness (QED) is 0.399. The van der Waals surface area contributed by atoms with E-state index in [1.807, 2.05) is 18.2 Å². The second-order valence-electron chi connectivity index (χ2n) is 6.75. The Hall–Kier alpha value is -1.64. The van der Waals surface area contributed by atoms with Crippen molar-refractivity contribution in [1.29, 1.82) is 0 Å². The van der Waals surface area contributed by atoms with E-state index in [0.717, 1.165) is 31.3 Å². The Morgan fingerprint density at radius 2 is 1.92 bits per heavy atom. The number of nitrogens with zero attached hydrogens (tertiary/aromatic N) is 4. The van der Waals surface area contributed by atoms with Crippen LogP contribution in [0.25, 0.3) is 0 Å². The number of hydrogen-bond donors (Lipinski definition) is 2. The molecule has 2 aromatic rings. The SMILES string of the molecule is CCc1nncn1CCNC(=NCc1ccccc1)NC(C)(C)C.I. The smallest absolute Gasteiger partial charge is 0.192 e. The third kappa shape index (κ3) is 7.85. The highest BCUT2D eigenvalue weighted by molar-refractivity contribution is 14.0. The number of guanidine groups is 1. The molecule has 0 radical (unpaired) electrons. The van der Waals surface area contributed by atoms with Crippen LogP contribution in [-0.4, -0.2) is 32.8 Å². The summed E-state index contributed by atoms with van der Waals surface area (Å²) in [6.45, 7) is 10.7. The number of rotatable bonds is 6. The van der Waals surface area contributed by atoms with E-state index < -0.39 is 0 Å². The predicted octanol–water partition coefficient (Wildman–Crippen LogP) is 2.99. The van der Waals surface area contributed by atoms with E-state index in [4.69, 9.17) is 4.99 Å². The van der Waals surface area contributed by atoms with Crippen LogP contribution in [0.3, 0.4) is 0 Å². The molecule has 0 saturated heterocycles. The average molecular weight is 456 g/mol. The molecule has 0 aliphatic heterocycles. The highest BCUT2D eigenvalue weighted by Crippen LogP contribution is 2.02. The molecule has 1 aromatic heterocycles. The van der Waals surface area contributed by atoms with Crippen molar-refractivity contribution in [2.45, 2.75) is 52.7 Å². The second kappa shape index (κ2) is 10.4. The molecule has 0 aliphatic carbocycles. The van der Waals surface area contributed by atoms with Crippen LogP contribution in [-0.2, 0) is 19.5 Å². The molecule has 2 rings (SSSR count). The average Bonchev–Trinajstić information content (AvgIpc) is 2.99. The highest BCUT2D eigenvalue weighted by Gasteiger charge is 2.12. The molecule has 0 aliphatic rings. The van der Waals surface area contributed by atoms with E-state index in [1.165, 1.54) is 5.56 Å². The molecular weight excluding hydrogens is 427 g/mol. The van der Waals surface area contributed by atoms with E-state index in [9.17, 15) is 0 Å². The zero-order valence-corrected chi connectivity index (χ0v) is 17.8. The van der Waals surface area contributed by atoms with Gasteiger partial charge in [-0.15, -0.1) is 34.2 Å². The van der Waals surface area contributed by atoms with Crippen molar-refractivity contribution in [2.24, 2.45) is 4.99 Å². The van der Waals surface area contributed by atoms with Gasteiger partial charge in [0.05, 0.1) is 6.54 Å². The molecular formula is C18H29IN6. The molecule has 0 bridgehead atoms. The Morgan fingerprint density at radius 1 is 1.20 bits per heavy atom. The summed E-state index contributed by atoms with van der Waals surface area (Å²) in [6, 6.07) is 10.3. The fraction of sp³-hybridized carbons (Fsp3) is 0.500. The molecule has 6 nitrogen and oxygen atoms in total. The van der Waals surface area contributed by atoms with Crippen LogP contribution in [0.1, 0.15) is 39.1 Å². The first kappa shape index (κ1) is 21.4. The number of nitrogens with one attached hydrogen (secondary N) is 2. The number of aliphatic imine (C=N–C) groups is 1. The zero-order chi connectivity index (χ0) is 17.4. The second-order valence-corrected chi connectivity index (χ2v) is 6.75. The van der Waals surface area contributed by atoms with Gasteiger partial charge in [0.2, 0.25) is 0 Å². The summed E-state index contributed by atoms with van der Waals surface area (Å²) in [5.41, 5.74) is 1.15. The summed E-state index contributed by atoms with van der Waals surface area (Å²) in [5.74, 6) is 1.82. The maximum atomic E-state index is 4.69. The summed E-state index contributed by atoms with van der Waals surface area (Å²) in [4.78, 5) is 4.69. The third-order valence-corrected chi connectivity index (χ3v) is 3.41. The lowest BCUT2D eigenvalue weighted by molar-refractivity contribution is 0.497. The number of aromatic nitrogens is 3. The van der Waals surface area contributed by atoms with Crippen LogP contribution in [0.15, 0.2) is 41.7 Å². The molecule has 2 N–H and O–H groups in total. The first-order chi connectivity index (χ1) is 11.5. The van der Waals surface area contributed by atoms with Gasteiger partial charge in [-0.25, -0.2) is 4.99 Å². The predicted molar refractivity (Wildman–Crippen MR) is 113 cm³/mol. The molecule has 7 heteroatoms. The van der Waals surface area contributed by atoms with Crippen LogP contribution in [0.4, 0.5) is 0 Å². The monoisotopic (exact) mass is 456 g/mol. The van der Waals surface area contributed by atoms with E-state index in [1.54, 1.807) is 6.33 Å². The van der Waals surface area contributed by atoms with Crippen LogP contribution in [0, 0.1) is 0 Å². The maximum Gasteiger partial charge on any atom is 0.192 e. The Bertz CT molecular complexity index is 645. The number of benzene rings is 1. The maximum absolute atomic E-state index is 4.69. The molecule has 0 unspecified atom stereocenters. The topological polar surface area (TPSA) is 67.1 Å². The molecule has 0 fully saturated rings. The van der Waals surface area contributed by atoms with E-state index in [0.29, 0.717) is 6.54 Å². The van der Waals surface area contributed by atoms with Gasteiger partial charge in [-0.3, -0.25) is 0 Å². The van der Waals surface area contributed by atoms with Gasteiger partial charge in [-0.05, 0) is 26.3 Å². The first-order valence-electron chi connectivity index (χ1n) is 8.45. The van der Waals surface area contributed by atoms with Crippen molar-refractivity contribution >= 4 is 29.9 Å². The summed E-state index contributed by atoms with van der Waals surface area (Å²) in [5, 5.41) is 14.9. The molecule has 0 atom stereocenters. The molecule has 0 amide bonds. The van der Waals surface area contributed by atoms with Crippen molar-refractivity contribution in [3.63, 3.8) is 0 Å². The molecule has 0 spiro atoms. The van der Waals surface area contributed by atoms with Crippen molar-refractivity contribution in [1.82, 2.24) is 25.4 Å². The minimum absolute atomic E-state index is 0. The van der Waals surface area contributed by atoms with Gasteiger partial charge in [0.25, 0.3) is 0 Å². The number of aryl methyl sites for hydroxylation is 1. The molecule has 1 aromatic carbocycles. The van der Waals surface area contributed by atoms with Crippen LogP contribution in [0.5, 0.6) is 0 Å². The van der Waals surface area contributed by atoms with Gasteiger partial charge >= 0.3 is 0 Å². The summed E-state index contributed by atoms with van der Waals surface area (Å²) < 4.78 is 2.07. The highest BCUT2D eigenvalue weighted by atomic mass is 127. The Morgan fingerprint density at radius 3 is 2.56 bits per heavy atom. The number of hydrogen-bond acceptors (Lipinski definition) is 3. The normalized spacial score (nSPS) is 11.8. The first-order valence-corrected chi connectivity index (χ1v) is 8.45. The largest absolute Gasteiger partial charge is 0.355 e. The van der Waals surface area contributed by atoms with Crippen LogP contribution < -0.4 is 10.6 Å². The molecule has 25 heavy (non-hydrogen) atoms. The third-order valence-electron chi connectivity index (χ3n) is 3.41. The van der Waals surface area contributed by atoms with E-state index >= 15 is 0 Å². The van der Waals surface area contributed by atoms with Crippen molar-refractivity contribution in [3.8, 4) is 0 Å².